The normalized spacial score (nSPS) is 17.3. The van der Waals surface area contributed by atoms with Gasteiger partial charge in [-0.05, 0) is 25.0 Å². The number of amides is 1. The summed E-state index contributed by atoms with van der Waals surface area (Å²) in [7, 11) is 5.38. The Morgan fingerprint density at radius 2 is 2.09 bits per heavy atom. The van der Waals surface area contributed by atoms with Gasteiger partial charge in [-0.2, -0.15) is 0 Å². The molecule has 0 aromatic carbocycles. The van der Waals surface area contributed by atoms with E-state index in [9.17, 15) is 4.79 Å². The van der Waals surface area contributed by atoms with Crippen molar-refractivity contribution >= 4 is 11.9 Å². The number of furan rings is 1. The number of carbonyl (C=O) groups excluding carboxylic acids is 1. The molecular weight excluding hydrogens is 280 g/mol. The maximum atomic E-state index is 12.5. The lowest BCUT2D eigenvalue weighted by atomic mass is 9.84. The van der Waals surface area contributed by atoms with Crippen LogP contribution in [-0.2, 0) is 11.3 Å². The molecule has 1 aliphatic rings. The molecule has 1 aromatic heterocycles. The number of nitrogens with one attached hydrogen (secondary N) is 2. The van der Waals surface area contributed by atoms with Crippen LogP contribution in [-0.4, -0.2) is 44.5 Å². The fourth-order valence-corrected chi connectivity index (χ4v) is 3.05. The van der Waals surface area contributed by atoms with E-state index in [1.54, 1.807) is 18.2 Å². The molecule has 0 bridgehead atoms. The minimum Gasteiger partial charge on any atom is -0.467 e. The largest absolute Gasteiger partial charge is 0.467 e. The van der Waals surface area contributed by atoms with Gasteiger partial charge in [0, 0.05) is 27.7 Å². The van der Waals surface area contributed by atoms with Crippen LogP contribution in [0.2, 0.25) is 0 Å². The molecule has 122 valence electrons. The highest BCUT2D eigenvalue weighted by Crippen LogP contribution is 2.38. The van der Waals surface area contributed by atoms with Crippen LogP contribution in [0.3, 0.4) is 0 Å². The number of aliphatic imine (C=N–C) groups is 1. The average molecular weight is 306 g/mol. The van der Waals surface area contributed by atoms with Crippen molar-refractivity contribution in [2.75, 3.05) is 27.7 Å². The lowest BCUT2D eigenvalue weighted by Crippen LogP contribution is -2.49. The van der Waals surface area contributed by atoms with Crippen LogP contribution in [0, 0.1) is 5.41 Å². The van der Waals surface area contributed by atoms with E-state index in [0.717, 1.165) is 31.4 Å². The molecule has 0 spiro atoms. The summed E-state index contributed by atoms with van der Waals surface area (Å²) in [5.41, 5.74) is -0.300. The topological polar surface area (TPSA) is 69.9 Å². The highest BCUT2D eigenvalue weighted by molar-refractivity contribution is 5.85. The Kier molecular flexibility index (Phi) is 5.46. The molecule has 1 amide bonds. The Balaban J connectivity index is 1.91. The van der Waals surface area contributed by atoms with Gasteiger partial charge in [-0.1, -0.05) is 12.8 Å². The summed E-state index contributed by atoms with van der Waals surface area (Å²) in [6, 6.07) is 3.77. The molecule has 1 aromatic rings. The Bertz CT molecular complexity index is 502. The average Bonchev–Trinajstić information content (AvgIpc) is 3.18. The second-order valence-corrected chi connectivity index (χ2v) is 6.05. The molecule has 0 saturated heterocycles. The number of carbonyl (C=O) groups is 1. The fourth-order valence-electron chi connectivity index (χ4n) is 3.05. The van der Waals surface area contributed by atoms with Crippen molar-refractivity contribution in [1.82, 2.24) is 15.5 Å². The molecule has 2 N–H and O–H groups in total. The summed E-state index contributed by atoms with van der Waals surface area (Å²) in [6.45, 7) is 1.18. The third-order valence-corrected chi connectivity index (χ3v) is 4.25. The molecule has 1 heterocycles. The molecule has 1 fully saturated rings. The van der Waals surface area contributed by atoms with Gasteiger partial charge in [0.05, 0.1) is 18.2 Å². The molecule has 0 aliphatic heterocycles. The maximum absolute atomic E-state index is 12.5. The van der Waals surface area contributed by atoms with Crippen molar-refractivity contribution in [2.45, 2.75) is 32.2 Å². The van der Waals surface area contributed by atoms with Crippen LogP contribution in [0.5, 0.6) is 0 Å². The molecule has 6 nitrogen and oxygen atoms in total. The predicted molar refractivity (Wildman–Crippen MR) is 86.5 cm³/mol. The minimum absolute atomic E-state index is 0.207. The van der Waals surface area contributed by atoms with Crippen LogP contribution in [0.4, 0.5) is 0 Å². The molecule has 0 radical (unpaired) electrons. The van der Waals surface area contributed by atoms with Crippen LogP contribution >= 0.6 is 0 Å². The van der Waals surface area contributed by atoms with Gasteiger partial charge in [0.15, 0.2) is 5.96 Å². The van der Waals surface area contributed by atoms with E-state index < -0.39 is 0 Å². The number of rotatable bonds is 5. The molecule has 0 unspecified atom stereocenters. The Morgan fingerprint density at radius 1 is 1.36 bits per heavy atom. The molecular formula is C16H26N4O2. The third kappa shape index (κ3) is 3.81. The summed E-state index contributed by atoms with van der Waals surface area (Å²) in [5, 5.41) is 6.50. The van der Waals surface area contributed by atoms with Crippen molar-refractivity contribution < 1.29 is 9.21 Å². The summed E-state index contributed by atoms with van der Waals surface area (Å²) < 4.78 is 5.29. The van der Waals surface area contributed by atoms with E-state index in [4.69, 9.17) is 4.42 Å². The first-order valence-corrected chi connectivity index (χ1v) is 7.76. The van der Waals surface area contributed by atoms with Crippen LogP contribution in [0.1, 0.15) is 31.4 Å². The van der Waals surface area contributed by atoms with Crippen molar-refractivity contribution in [3.8, 4) is 0 Å². The first-order valence-electron chi connectivity index (χ1n) is 7.76. The first-order chi connectivity index (χ1) is 10.6. The van der Waals surface area contributed by atoms with Crippen LogP contribution < -0.4 is 10.6 Å². The molecule has 6 heteroatoms. The van der Waals surface area contributed by atoms with E-state index in [-0.39, 0.29) is 11.3 Å². The molecule has 1 aliphatic carbocycles. The Hall–Kier alpha value is -1.98. The van der Waals surface area contributed by atoms with Crippen molar-refractivity contribution in [3.05, 3.63) is 24.2 Å². The van der Waals surface area contributed by atoms with Crippen LogP contribution in [0.25, 0.3) is 0 Å². The number of hydrogen-bond acceptors (Lipinski definition) is 3. The van der Waals surface area contributed by atoms with Crippen molar-refractivity contribution in [2.24, 2.45) is 10.4 Å². The summed E-state index contributed by atoms with van der Waals surface area (Å²) in [4.78, 5) is 18.4. The van der Waals surface area contributed by atoms with Gasteiger partial charge in [0.2, 0.25) is 5.91 Å². The van der Waals surface area contributed by atoms with Gasteiger partial charge in [-0.15, -0.1) is 0 Å². The van der Waals surface area contributed by atoms with E-state index >= 15 is 0 Å². The lowest BCUT2D eigenvalue weighted by Gasteiger charge is -2.31. The van der Waals surface area contributed by atoms with Gasteiger partial charge in [0.25, 0.3) is 0 Å². The summed E-state index contributed by atoms with van der Waals surface area (Å²) >= 11 is 0. The second-order valence-electron chi connectivity index (χ2n) is 6.05. The highest BCUT2D eigenvalue weighted by atomic mass is 16.3. The molecule has 1 saturated carbocycles. The van der Waals surface area contributed by atoms with Crippen molar-refractivity contribution in [1.29, 1.82) is 0 Å². The second kappa shape index (κ2) is 7.33. The molecule has 0 atom stereocenters. The third-order valence-electron chi connectivity index (χ3n) is 4.25. The standard InChI is InChI=1S/C16H26N4O2/c1-17-15(18-11-13-7-6-10-22-13)19-12-16(8-4-5-9-16)14(21)20(2)3/h6-7,10H,4-5,8-9,11-12H2,1-3H3,(H2,17,18,19). The highest BCUT2D eigenvalue weighted by Gasteiger charge is 2.42. The van der Waals surface area contributed by atoms with Gasteiger partial charge in [-0.3, -0.25) is 9.79 Å². The quantitative estimate of drug-likeness (QED) is 0.640. The lowest BCUT2D eigenvalue weighted by molar-refractivity contribution is -0.138. The van der Waals surface area contributed by atoms with Crippen molar-refractivity contribution in [3.63, 3.8) is 0 Å². The van der Waals surface area contributed by atoms with E-state index in [1.165, 1.54) is 0 Å². The Labute approximate surface area is 132 Å². The SMILES string of the molecule is CN=C(NCc1ccco1)NCC1(C(=O)N(C)C)CCCC1. The number of nitrogens with zero attached hydrogens (tertiary/aromatic N) is 2. The minimum atomic E-state index is -0.300. The zero-order valence-corrected chi connectivity index (χ0v) is 13.7. The van der Waals surface area contributed by atoms with E-state index in [1.807, 2.05) is 26.2 Å². The first kappa shape index (κ1) is 16.4. The number of hydrogen-bond donors (Lipinski definition) is 2. The van der Waals surface area contributed by atoms with E-state index in [0.29, 0.717) is 19.0 Å². The summed E-state index contributed by atoms with van der Waals surface area (Å²) in [5.74, 6) is 1.75. The van der Waals surface area contributed by atoms with E-state index in [2.05, 4.69) is 15.6 Å². The van der Waals surface area contributed by atoms with Gasteiger partial charge in [-0.25, -0.2) is 0 Å². The van der Waals surface area contributed by atoms with Crippen LogP contribution in [0.15, 0.2) is 27.8 Å². The number of guanidine groups is 1. The maximum Gasteiger partial charge on any atom is 0.230 e. The smallest absolute Gasteiger partial charge is 0.230 e. The zero-order valence-electron chi connectivity index (χ0n) is 13.7. The van der Waals surface area contributed by atoms with Gasteiger partial charge < -0.3 is 20.0 Å². The van der Waals surface area contributed by atoms with Gasteiger partial charge in [0.1, 0.15) is 5.76 Å². The van der Waals surface area contributed by atoms with Gasteiger partial charge >= 0.3 is 0 Å². The molecule has 22 heavy (non-hydrogen) atoms. The fraction of sp³-hybridized carbons (Fsp3) is 0.625. The summed E-state index contributed by atoms with van der Waals surface area (Å²) in [6.07, 6.45) is 5.74. The predicted octanol–water partition coefficient (Wildman–Crippen LogP) is 1.59. The Morgan fingerprint density at radius 3 is 2.64 bits per heavy atom. The monoisotopic (exact) mass is 306 g/mol. The zero-order chi connectivity index (χ0) is 16.0. The molecule has 2 rings (SSSR count).